The molecule has 7 rings (SSSR count). The summed E-state index contributed by atoms with van der Waals surface area (Å²) >= 11 is 0. The molecule has 0 fully saturated rings. The van der Waals surface area contributed by atoms with E-state index in [9.17, 15) is 0 Å². The first-order valence-electron chi connectivity index (χ1n) is 14.7. The van der Waals surface area contributed by atoms with Crippen LogP contribution in [0, 0.1) is 0 Å². The molecule has 3 aromatic heterocycles. The van der Waals surface area contributed by atoms with Gasteiger partial charge < -0.3 is 28.7 Å². The second-order valence-electron chi connectivity index (χ2n) is 10.7. The number of pyridine rings is 2. The minimum absolute atomic E-state index is 0.104. The van der Waals surface area contributed by atoms with Crippen LogP contribution in [0.2, 0.25) is 0 Å². The first kappa shape index (κ1) is 29.9. The average molecular weight is 633 g/mol. The Labute approximate surface area is 273 Å². The summed E-state index contributed by atoms with van der Waals surface area (Å²) in [4.78, 5) is 21.8. The molecule has 234 valence electrons. The molecule has 0 amide bonds. The summed E-state index contributed by atoms with van der Waals surface area (Å²) in [5.41, 5.74) is 33.3. The Morgan fingerprint density at radius 2 is 1.21 bits per heavy atom. The smallest absolute Gasteiger partial charge is 0.268 e. The Morgan fingerprint density at radius 1 is 0.583 bits per heavy atom. The first-order valence-corrected chi connectivity index (χ1v) is 14.7. The number of azo groups is 2. The molecule has 10 N–H and O–H groups in total. The van der Waals surface area contributed by atoms with E-state index in [-0.39, 0.29) is 17.6 Å². The Kier molecular flexibility index (Phi) is 7.82. The van der Waals surface area contributed by atoms with Crippen LogP contribution in [-0.4, -0.2) is 25.8 Å². The van der Waals surface area contributed by atoms with Crippen LogP contribution in [0.1, 0.15) is 17.3 Å². The van der Waals surface area contributed by atoms with Crippen molar-refractivity contribution in [1.29, 1.82) is 0 Å². The van der Waals surface area contributed by atoms with Crippen molar-refractivity contribution < 1.29 is 0 Å². The summed E-state index contributed by atoms with van der Waals surface area (Å²) in [5, 5.41) is 22.3. The summed E-state index contributed by atoms with van der Waals surface area (Å²) in [5.74, 6) is 1.06. The molecule has 0 radical (unpaired) electrons. The lowest BCUT2D eigenvalue weighted by Crippen LogP contribution is -2.20. The zero-order chi connectivity index (χ0) is 33.2. The highest BCUT2D eigenvalue weighted by atomic mass is 15.2. The first-order chi connectivity index (χ1) is 23.4. The monoisotopic (exact) mass is 632 g/mol. The van der Waals surface area contributed by atoms with Crippen LogP contribution < -0.4 is 28.7 Å². The minimum Gasteiger partial charge on any atom is -0.383 e. The zero-order valence-electron chi connectivity index (χ0n) is 25.3. The highest BCUT2D eigenvalue weighted by Crippen LogP contribution is 2.38. The predicted octanol–water partition coefficient (Wildman–Crippen LogP) is 6.67. The van der Waals surface area contributed by atoms with Gasteiger partial charge in [0.15, 0.2) is 17.5 Å². The number of nitrogens with zero attached hydrogens (tertiary/aromatic N) is 9. The quantitative estimate of drug-likeness (QED) is 0.0544. The van der Waals surface area contributed by atoms with Gasteiger partial charge in [-0.25, -0.2) is 24.9 Å². The van der Waals surface area contributed by atoms with Crippen LogP contribution in [0.5, 0.6) is 0 Å². The maximum atomic E-state index is 6.65. The summed E-state index contributed by atoms with van der Waals surface area (Å²) in [6.45, 7) is 0. The van der Waals surface area contributed by atoms with E-state index in [2.05, 4.69) is 40.4 Å². The van der Waals surface area contributed by atoms with Crippen LogP contribution in [-0.2, 0) is 0 Å². The number of amidine groups is 1. The van der Waals surface area contributed by atoms with Crippen molar-refractivity contribution in [3.05, 3.63) is 115 Å². The summed E-state index contributed by atoms with van der Waals surface area (Å²) in [6, 6.07) is 26.6. The van der Waals surface area contributed by atoms with Crippen LogP contribution in [0.25, 0.3) is 32.3 Å². The third-order valence-electron chi connectivity index (χ3n) is 7.64. The fourth-order valence-electron chi connectivity index (χ4n) is 5.23. The lowest BCUT2D eigenvalue weighted by Gasteiger charge is -2.10. The molecule has 3 heterocycles. The van der Waals surface area contributed by atoms with Crippen LogP contribution in [0.4, 0.5) is 40.5 Å². The van der Waals surface area contributed by atoms with Crippen molar-refractivity contribution in [3.8, 4) is 0 Å². The van der Waals surface area contributed by atoms with Gasteiger partial charge in [0.25, 0.3) is 5.95 Å². The number of anilines is 2. The van der Waals surface area contributed by atoms with Gasteiger partial charge in [-0.15, -0.1) is 20.5 Å². The van der Waals surface area contributed by atoms with Crippen LogP contribution in [0.3, 0.4) is 0 Å². The molecule has 0 saturated heterocycles. The molecular formula is C34H28N14. The van der Waals surface area contributed by atoms with E-state index in [0.29, 0.717) is 50.6 Å². The molecule has 0 saturated carbocycles. The van der Waals surface area contributed by atoms with Crippen molar-refractivity contribution >= 4 is 78.6 Å². The minimum atomic E-state index is -0.694. The van der Waals surface area contributed by atoms with E-state index >= 15 is 0 Å². The molecule has 48 heavy (non-hydrogen) atoms. The molecule has 14 heteroatoms. The SMILES string of the molecule is NC(=Nc1nc(N)c(N=Nc2ncc(C(N)N)cn2)c2ccccc12)c1ccc(N=Nc2c(N)ncc3ccccc23)c2ccccc12. The molecule has 0 atom stereocenters. The van der Waals surface area contributed by atoms with Crippen LogP contribution in [0.15, 0.2) is 129 Å². The van der Waals surface area contributed by atoms with Gasteiger partial charge >= 0.3 is 0 Å². The lowest BCUT2D eigenvalue weighted by atomic mass is 10.0. The van der Waals surface area contributed by atoms with Gasteiger partial charge in [0.1, 0.15) is 17.2 Å². The maximum absolute atomic E-state index is 6.65. The Bertz CT molecular complexity index is 2420. The van der Waals surface area contributed by atoms with Crippen molar-refractivity contribution in [2.75, 3.05) is 11.5 Å². The molecule has 7 aromatic rings. The number of fused-ring (bicyclic) bond motifs is 3. The third kappa shape index (κ3) is 5.71. The molecule has 0 aliphatic heterocycles. The van der Waals surface area contributed by atoms with Crippen molar-refractivity contribution in [2.24, 2.45) is 42.7 Å². The number of benzene rings is 4. The number of nitrogen functional groups attached to an aromatic ring is 2. The fraction of sp³-hybridized carbons (Fsp3) is 0.0294. The number of rotatable bonds is 7. The largest absolute Gasteiger partial charge is 0.383 e. The van der Waals surface area contributed by atoms with Gasteiger partial charge in [0.05, 0.1) is 11.9 Å². The van der Waals surface area contributed by atoms with E-state index in [1.807, 2.05) is 84.9 Å². The maximum Gasteiger partial charge on any atom is 0.268 e. The number of nitrogens with two attached hydrogens (primary N) is 5. The molecule has 4 aromatic carbocycles. The van der Waals surface area contributed by atoms with Gasteiger partial charge in [0.2, 0.25) is 0 Å². The molecule has 0 bridgehead atoms. The van der Waals surface area contributed by atoms with Crippen molar-refractivity contribution in [1.82, 2.24) is 19.9 Å². The van der Waals surface area contributed by atoms with Gasteiger partial charge in [0, 0.05) is 56.6 Å². The Hall–Kier alpha value is -6.77. The third-order valence-corrected chi connectivity index (χ3v) is 7.64. The van der Waals surface area contributed by atoms with Crippen molar-refractivity contribution in [3.63, 3.8) is 0 Å². The van der Waals surface area contributed by atoms with E-state index in [1.165, 1.54) is 12.4 Å². The fourth-order valence-corrected chi connectivity index (χ4v) is 5.23. The normalized spacial score (nSPS) is 12.4. The number of hydrogen-bond donors (Lipinski definition) is 5. The zero-order valence-corrected chi connectivity index (χ0v) is 25.3. The molecule has 0 spiro atoms. The van der Waals surface area contributed by atoms with Gasteiger partial charge in [-0.3, -0.25) is 0 Å². The standard InChI is InChI=1S/C34H28N14/c35-29(36)19-16-41-34(42-17-19)48-47-28-23-11-5-6-12-25(23)33(44-32(28)39)43-30(37)24-13-14-26(22-10-4-3-9-21(22)24)45-46-27-20-8-2-1-7-18(20)15-40-31(27)38/h1-17,29H,35-36H2,(H2,38,40)(H4,37,39,43,44). The lowest BCUT2D eigenvalue weighted by molar-refractivity contribution is 0.760. The van der Waals surface area contributed by atoms with Crippen LogP contribution >= 0.6 is 0 Å². The predicted molar refractivity (Wildman–Crippen MR) is 188 cm³/mol. The number of aliphatic imine (C=N–C) groups is 1. The van der Waals surface area contributed by atoms with Gasteiger partial charge in [-0.2, -0.15) is 0 Å². The summed E-state index contributed by atoms with van der Waals surface area (Å²) in [7, 11) is 0. The highest BCUT2D eigenvalue weighted by Gasteiger charge is 2.15. The highest BCUT2D eigenvalue weighted by molar-refractivity contribution is 6.13. The van der Waals surface area contributed by atoms with Crippen molar-refractivity contribution in [2.45, 2.75) is 6.17 Å². The Morgan fingerprint density at radius 3 is 1.96 bits per heavy atom. The summed E-state index contributed by atoms with van der Waals surface area (Å²) < 4.78 is 0. The Balaban J connectivity index is 1.25. The number of hydrogen-bond acceptors (Lipinski definition) is 13. The van der Waals surface area contributed by atoms with E-state index in [0.717, 1.165) is 21.5 Å². The second kappa shape index (κ2) is 12.6. The molecule has 0 aliphatic rings. The second-order valence-corrected chi connectivity index (χ2v) is 10.7. The molecule has 14 nitrogen and oxygen atoms in total. The van der Waals surface area contributed by atoms with Gasteiger partial charge in [-0.1, -0.05) is 72.8 Å². The topological polar surface area (TPSA) is 243 Å². The number of aromatic nitrogens is 4. The molecule has 0 unspecified atom stereocenters. The summed E-state index contributed by atoms with van der Waals surface area (Å²) in [6.07, 6.45) is 4.00. The van der Waals surface area contributed by atoms with Gasteiger partial charge in [-0.05, 0) is 17.5 Å². The average Bonchev–Trinajstić information content (AvgIpc) is 3.11. The molecule has 0 aliphatic carbocycles. The molecular weight excluding hydrogens is 604 g/mol. The van der Waals surface area contributed by atoms with E-state index in [4.69, 9.17) is 33.7 Å². The van der Waals surface area contributed by atoms with E-state index in [1.54, 1.807) is 6.20 Å². The van der Waals surface area contributed by atoms with E-state index < -0.39 is 6.17 Å².